The standard InChI is InChI=1S/C16H20N4O4S/c1-5-12(15(22)19-13-7-11(4)24-20-13)23-14(21)8-25-16-17-9(2)6-10(3)18-16/h6-7,12H,5,8H2,1-4H3,(H,19,20,22). The molecule has 1 unspecified atom stereocenters. The van der Waals surface area contributed by atoms with Gasteiger partial charge in [0.2, 0.25) is 0 Å². The van der Waals surface area contributed by atoms with Crippen molar-refractivity contribution >= 4 is 29.5 Å². The number of aromatic nitrogens is 3. The third-order valence-corrected chi connectivity index (χ3v) is 3.92. The van der Waals surface area contributed by atoms with Crippen molar-refractivity contribution in [2.75, 3.05) is 11.1 Å². The molecule has 0 aromatic carbocycles. The van der Waals surface area contributed by atoms with Crippen LogP contribution in [0.1, 0.15) is 30.5 Å². The summed E-state index contributed by atoms with van der Waals surface area (Å²) in [6.07, 6.45) is -0.552. The first-order chi connectivity index (χ1) is 11.9. The lowest BCUT2D eigenvalue weighted by Crippen LogP contribution is -2.32. The molecule has 0 bridgehead atoms. The van der Waals surface area contributed by atoms with Crippen LogP contribution >= 0.6 is 11.8 Å². The molecule has 2 aromatic heterocycles. The van der Waals surface area contributed by atoms with E-state index in [2.05, 4.69) is 20.4 Å². The molecule has 1 N–H and O–H groups in total. The summed E-state index contributed by atoms with van der Waals surface area (Å²) < 4.78 is 10.1. The second-order valence-electron chi connectivity index (χ2n) is 5.42. The van der Waals surface area contributed by atoms with E-state index in [4.69, 9.17) is 9.26 Å². The molecule has 8 nitrogen and oxygen atoms in total. The molecule has 0 spiro atoms. The number of anilines is 1. The van der Waals surface area contributed by atoms with Gasteiger partial charge in [0, 0.05) is 17.5 Å². The number of esters is 1. The number of carbonyl (C=O) groups is 2. The molecular weight excluding hydrogens is 344 g/mol. The molecule has 1 atom stereocenters. The maximum atomic E-state index is 12.2. The van der Waals surface area contributed by atoms with Crippen molar-refractivity contribution in [3.8, 4) is 0 Å². The molecule has 0 saturated heterocycles. The Morgan fingerprint density at radius 1 is 1.24 bits per heavy atom. The molecule has 2 heterocycles. The first-order valence-electron chi connectivity index (χ1n) is 7.76. The van der Waals surface area contributed by atoms with Crippen LogP contribution in [0.3, 0.4) is 0 Å². The largest absolute Gasteiger partial charge is 0.452 e. The summed E-state index contributed by atoms with van der Waals surface area (Å²) in [6.45, 7) is 7.19. The fourth-order valence-electron chi connectivity index (χ4n) is 2.03. The van der Waals surface area contributed by atoms with Gasteiger partial charge in [-0.3, -0.25) is 9.59 Å². The lowest BCUT2D eigenvalue weighted by atomic mass is 10.2. The zero-order valence-electron chi connectivity index (χ0n) is 14.5. The highest BCUT2D eigenvalue weighted by molar-refractivity contribution is 7.99. The van der Waals surface area contributed by atoms with Gasteiger partial charge < -0.3 is 14.6 Å². The molecule has 134 valence electrons. The first kappa shape index (κ1) is 18.9. The summed E-state index contributed by atoms with van der Waals surface area (Å²) in [5.41, 5.74) is 1.66. The smallest absolute Gasteiger partial charge is 0.317 e. The SMILES string of the molecule is CCC(OC(=O)CSc1nc(C)cc(C)n1)C(=O)Nc1cc(C)on1. The third-order valence-electron chi connectivity index (χ3n) is 3.10. The number of aryl methyl sites for hydroxylation is 3. The Balaban J connectivity index is 1.87. The van der Waals surface area contributed by atoms with Crippen molar-refractivity contribution in [2.24, 2.45) is 0 Å². The maximum absolute atomic E-state index is 12.2. The highest BCUT2D eigenvalue weighted by Gasteiger charge is 2.22. The number of ether oxygens (including phenoxy) is 1. The Morgan fingerprint density at radius 3 is 2.48 bits per heavy atom. The van der Waals surface area contributed by atoms with Gasteiger partial charge in [-0.05, 0) is 33.3 Å². The number of hydrogen-bond acceptors (Lipinski definition) is 8. The second-order valence-corrected chi connectivity index (χ2v) is 6.36. The van der Waals surface area contributed by atoms with Gasteiger partial charge in [-0.2, -0.15) is 0 Å². The summed E-state index contributed by atoms with van der Waals surface area (Å²) in [7, 11) is 0. The summed E-state index contributed by atoms with van der Waals surface area (Å²) in [5.74, 6) is -0.0708. The summed E-state index contributed by atoms with van der Waals surface area (Å²) in [6, 6.07) is 3.44. The zero-order valence-corrected chi connectivity index (χ0v) is 15.3. The predicted molar refractivity (Wildman–Crippen MR) is 92.3 cm³/mol. The first-order valence-corrected chi connectivity index (χ1v) is 8.74. The second kappa shape index (κ2) is 8.61. The Bertz CT molecular complexity index is 742. The van der Waals surface area contributed by atoms with E-state index in [1.165, 1.54) is 11.8 Å². The maximum Gasteiger partial charge on any atom is 0.317 e. The average Bonchev–Trinajstić information content (AvgIpc) is 2.94. The number of nitrogens with zero attached hydrogens (tertiary/aromatic N) is 3. The van der Waals surface area contributed by atoms with E-state index >= 15 is 0 Å². The van der Waals surface area contributed by atoms with Crippen LogP contribution in [0.5, 0.6) is 0 Å². The average molecular weight is 364 g/mol. The molecule has 9 heteroatoms. The van der Waals surface area contributed by atoms with Crippen LogP contribution < -0.4 is 5.32 Å². The fraction of sp³-hybridized carbons (Fsp3) is 0.438. The van der Waals surface area contributed by atoms with Crippen LogP contribution in [-0.4, -0.2) is 38.9 Å². The molecular formula is C16H20N4O4S. The summed E-state index contributed by atoms with van der Waals surface area (Å²) >= 11 is 1.17. The Kier molecular flexibility index (Phi) is 6.51. The lowest BCUT2D eigenvalue weighted by Gasteiger charge is -2.14. The minimum Gasteiger partial charge on any atom is -0.452 e. The lowest BCUT2D eigenvalue weighted by molar-refractivity contribution is -0.151. The van der Waals surface area contributed by atoms with Crippen LogP contribution in [0.2, 0.25) is 0 Å². The molecule has 0 radical (unpaired) electrons. The van der Waals surface area contributed by atoms with Crippen LogP contribution in [0.15, 0.2) is 21.8 Å². The van der Waals surface area contributed by atoms with Gasteiger partial charge in [-0.25, -0.2) is 9.97 Å². The Morgan fingerprint density at radius 2 is 1.92 bits per heavy atom. The van der Waals surface area contributed by atoms with E-state index in [-0.39, 0.29) is 11.6 Å². The molecule has 0 saturated carbocycles. The van der Waals surface area contributed by atoms with Gasteiger partial charge in [0.15, 0.2) is 17.1 Å². The third kappa shape index (κ3) is 5.86. The van der Waals surface area contributed by atoms with Crippen molar-refractivity contribution in [2.45, 2.75) is 45.4 Å². The minimum absolute atomic E-state index is 0.0236. The van der Waals surface area contributed by atoms with E-state index in [9.17, 15) is 9.59 Å². The van der Waals surface area contributed by atoms with Gasteiger partial charge in [-0.1, -0.05) is 23.8 Å². The molecule has 0 aliphatic heterocycles. The molecule has 0 fully saturated rings. The topological polar surface area (TPSA) is 107 Å². The number of thioether (sulfide) groups is 1. The van der Waals surface area contributed by atoms with Gasteiger partial charge >= 0.3 is 5.97 Å². The number of nitrogens with one attached hydrogen (secondary N) is 1. The van der Waals surface area contributed by atoms with E-state index in [1.54, 1.807) is 19.9 Å². The molecule has 0 aliphatic rings. The molecule has 1 amide bonds. The number of amides is 1. The van der Waals surface area contributed by atoms with Crippen molar-refractivity contribution < 1.29 is 18.8 Å². The molecule has 2 aromatic rings. The van der Waals surface area contributed by atoms with E-state index in [1.807, 2.05) is 19.9 Å². The van der Waals surface area contributed by atoms with Gasteiger partial charge in [0.1, 0.15) is 5.76 Å². The monoisotopic (exact) mass is 364 g/mol. The Labute approximate surface area is 149 Å². The highest BCUT2D eigenvalue weighted by atomic mass is 32.2. The van der Waals surface area contributed by atoms with Crippen molar-refractivity contribution in [1.82, 2.24) is 15.1 Å². The highest BCUT2D eigenvalue weighted by Crippen LogP contribution is 2.15. The number of hydrogen-bond donors (Lipinski definition) is 1. The Hall–Kier alpha value is -2.42. The summed E-state index contributed by atoms with van der Waals surface area (Å²) in [5, 5.41) is 6.74. The number of rotatable bonds is 7. The molecule has 2 rings (SSSR count). The van der Waals surface area contributed by atoms with Crippen molar-refractivity contribution in [3.63, 3.8) is 0 Å². The van der Waals surface area contributed by atoms with Crippen molar-refractivity contribution in [3.05, 3.63) is 29.3 Å². The van der Waals surface area contributed by atoms with Gasteiger partial charge in [0.05, 0.1) is 5.75 Å². The quantitative estimate of drug-likeness (QED) is 0.453. The van der Waals surface area contributed by atoms with E-state index in [0.29, 0.717) is 17.3 Å². The van der Waals surface area contributed by atoms with Crippen LogP contribution in [0.25, 0.3) is 0 Å². The molecule has 25 heavy (non-hydrogen) atoms. The van der Waals surface area contributed by atoms with Crippen LogP contribution in [0.4, 0.5) is 5.82 Å². The number of carbonyl (C=O) groups excluding carboxylic acids is 2. The van der Waals surface area contributed by atoms with Gasteiger partial charge in [0.25, 0.3) is 5.91 Å². The summed E-state index contributed by atoms with van der Waals surface area (Å²) in [4.78, 5) is 32.6. The van der Waals surface area contributed by atoms with E-state index < -0.39 is 18.0 Å². The molecule has 0 aliphatic carbocycles. The normalized spacial score (nSPS) is 11.8. The van der Waals surface area contributed by atoms with Crippen molar-refractivity contribution in [1.29, 1.82) is 0 Å². The van der Waals surface area contributed by atoms with Crippen LogP contribution in [0, 0.1) is 20.8 Å². The fourth-order valence-corrected chi connectivity index (χ4v) is 2.76. The zero-order chi connectivity index (χ0) is 18.4. The van der Waals surface area contributed by atoms with Gasteiger partial charge in [-0.15, -0.1) is 0 Å². The van der Waals surface area contributed by atoms with E-state index in [0.717, 1.165) is 11.4 Å². The minimum atomic E-state index is -0.898. The van der Waals surface area contributed by atoms with Crippen LogP contribution in [-0.2, 0) is 14.3 Å². The predicted octanol–water partition coefficient (Wildman–Crippen LogP) is 2.44.